The second-order valence-corrected chi connectivity index (χ2v) is 6.26. The normalized spacial score (nSPS) is 20.3. The number of carboxylic acids is 1. The third-order valence-electron chi connectivity index (χ3n) is 4.11. The number of allylic oxidation sites excluding steroid dienone is 1. The minimum absolute atomic E-state index is 0.00546. The Hall–Kier alpha value is -2.88. The molecule has 1 aliphatic carbocycles. The molecule has 0 spiro atoms. The number of nitrogens with zero attached hydrogens (tertiary/aromatic N) is 3. The fourth-order valence-electron chi connectivity index (χ4n) is 2.52. The van der Waals surface area contributed by atoms with E-state index in [1.54, 1.807) is 0 Å². The summed E-state index contributed by atoms with van der Waals surface area (Å²) in [7, 11) is 0. The molecule has 10 nitrogen and oxygen atoms in total. The number of carbonyl (C=O) groups excluding carboxylic acids is 3. The number of carbonyl (C=O) groups is 4. The van der Waals surface area contributed by atoms with E-state index in [1.807, 2.05) is 14.7 Å². The molecule has 0 radical (unpaired) electrons. The van der Waals surface area contributed by atoms with E-state index in [0.29, 0.717) is 17.1 Å². The molecule has 26 heavy (non-hydrogen) atoms. The summed E-state index contributed by atoms with van der Waals surface area (Å²) in [4.78, 5) is 50.4. The second kappa shape index (κ2) is 7.16. The van der Waals surface area contributed by atoms with Crippen molar-refractivity contribution in [1.82, 2.24) is 20.0 Å². The molecule has 4 rings (SSSR count). The Labute approximate surface area is 149 Å². The molecule has 0 bridgehead atoms. The molecule has 0 unspecified atom stereocenters. The summed E-state index contributed by atoms with van der Waals surface area (Å²) in [6, 6.07) is 0. The van der Waals surface area contributed by atoms with Crippen LogP contribution in [0.25, 0.3) is 0 Å². The van der Waals surface area contributed by atoms with Gasteiger partial charge >= 0.3 is 5.97 Å². The Morgan fingerprint density at radius 2 is 1.54 bits per heavy atom. The Bertz CT molecular complexity index is 717. The van der Waals surface area contributed by atoms with E-state index >= 15 is 0 Å². The number of hydrogen-bond donors (Lipinski definition) is 3. The summed E-state index contributed by atoms with van der Waals surface area (Å²) in [5, 5.41) is 10.1. The first kappa shape index (κ1) is 17.9. The lowest BCUT2D eigenvalue weighted by molar-refractivity contribution is -0.137. The highest BCUT2D eigenvalue weighted by atomic mass is 16.4. The van der Waals surface area contributed by atoms with Gasteiger partial charge in [-0.15, -0.1) is 0 Å². The molecule has 3 heterocycles. The van der Waals surface area contributed by atoms with Gasteiger partial charge in [0.25, 0.3) is 0 Å². The highest BCUT2D eigenvalue weighted by Crippen LogP contribution is 2.33. The predicted octanol–water partition coefficient (Wildman–Crippen LogP) is -2.67. The molecule has 0 aromatic carbocycles. The van der Waals surface area contributed by atoms with Crippen molar-refractivity contribution < 1.29 is 24.3 Å². The maximum Gasteiger partial charge on any atom is 0.322 e. The number of nitrogens with one attached hydrogen (secondary N) is 1. The fourth-order valence-corrected chi connectivity index (χ4v) is 2.52. The number of rotatable bonds is 6. The molecule has 3 fully saturated rings. The van der Waals surface area contributed by atoms with E-state index in [-0.39, 0.29) is 24.7 Å². The van der Waals surface area contributed by atoms with Crippen LogP contribution in [0, 0.1) is 0 Å². The summed E-state index contributed by atoms with van der Waals surface area (Å²) < 4.78 is 0. The van der Waals surface area contributed by atoms with Gasteiger partial charge in [-0.25, -0.2) is 0 Å². The quantitative estimate of drug-likeness (QED) is 0.341. The Kier molecular flexibility index (Phi) is 4.94. The van der Waals surface area contributed by atoms with Gasteiger partial charge in [0.15, 0.2) is 0 Å². The van der Waals surface area contributed by atoms with Crippen LogP contribution < -0.4 is 11.1 Å². The van der Waals surface area contributed by atoms with E-state index in [2.05, 4.69) is 5.32 Å². The van der Waals surface area contributed by atoms with Gasteiger partial charge in [0, 0.05) is 45.3 Å². The minimum atomic E-state index is -1.07. The average Bonchev–Trinajstić information content (AvgIpc) is 3.47. The first-order valence-electron chi connectivity index (χ1n) is 8.40. The van der Waals surface area contributed by atoms with Crippen molar-refractivity contribution in [2.75, 3.05) is 52.4 Å². The number of aliphatic carboxylic acids is 1. The molecular weight excluding hydrogens is 342 g/mol. The Morgan fingerprint density at radius 3 is 2.00 bits per heavy atom. The summed E-state index contributed by atoms with van der Waals surface area (Å²) in [5.74, 6) is -1.48. The molecule has 140 valence electrons. The number of carboxylic acid groups (broad SMARTS) is 1. The average molecular weight is 363 g/mol. The van der Waals surface area contributed by atoms with Gasteiger partial charge in [-0.2, -0.15) is 0 Å². The summed E-state index contributed by atoms with van der Waals surface area (Å²) in [6.45, 7) is 4.87. The van der Waals surface area contributed by atoms with Crippen molar-refractivity contribution in [2.24, 2.45) is 5.73 Å². The largest absolute Gasteiger partial charge is 0.480 e. The van der Waals surface area contributed by atoms with Crippen molar-refractivity contribution in [3.05, 3.63) is 23.2 Å². The van der Waals surface area contributed by atoms with Gasteiger partial charge in [0.1, 0.15) is 17.9 Å². The van der Waals surface area contributed by atoms with Gasteiger partial charge in [0.05, 0.1) is 12.2 Å². The monoisotopic (exact) mass is 363 g/mol. The van der Waals surface area contributed by atoms with Crippen LogP contribution in [-0.4, -0.2) is 95.6 Å². The van der Waals surface area contributed by atoms with Crippen molar-refractivity contribution in [2.45, 2.75) is 0 Å². The predicted molar refractivity (Wildman–Crippen MR) is 89.5 cm³/mol. The van der Waals surface area contributed by atoms with Crippen LogP contribution >= 0.6 is 0 Å². The second-order valence-electron chi connectivity index (χ2n) is 6.26. The van der Waals surface area contributed by atoms with Gasteiger partial charge in [-0.1, -0.05) is 0 Å². The fraction of sp³-hybridized carbons (Fsp3) is 0.500. The molecule has 10 heteroatoms. The number of amides is 1. The lowest BCUT2D eigenvalue weighted by atomic mass is 10.0. The number of ketones is 2. The molecule has 0 aromatic heterocycles. The summed E-state index contributed by atoms with van der Waals surface area (Å²) >= 11 is 0. The highest BCUT2D eigenvalue weighted by molar-refractivity contribution is 6.22. The van der Waals surface area contributed by atoms with Crippen LogP contribution in [0.4, 0.5) is 0 Å². The van der Waals surface area contributed by atoms with Crippen LogP contribution in [0.3, 0.4) is 0 Å². The Morgan fingerprint density at radius 1 is 1.00 bits per heavy atom. The van der Waals surface area contributed by atoms with Crippen molar-refractivity contribution in [3.8, 4) is 0 Å². The number of hydrogen-bond acceptors (Lipinski definition) is 8. The maximum atomic E-state index is 12.4. The number of nitrogens with two attached hydrogens (primary N) is 1. The van der Waals surface area contributed by atoms with E-state index in [0.717, 1.165) is 39.3 Å². The smallest absolute Gasteiger partial charge is 0.322 e. The van der Waals surface area contributed by atoms with Gasteiger partial charge in [-0.05, 0) is 0 Å². The van der Waals surface area contributed by atoms with Crippen LogP contribution in [0.2, 0.25) is 0 Å². The molecular formula is C16H21N5O5. The SMILES string of the molecule is NCC(=O)NCC(=O)O.O=C1C=C(N2CC2)C(=O)C(N2CC2)=C1N1CC1. The standard InChI is InChI=1S/C12H13N3O2.C4H8N2O3/c16-9-7-8(13-1-2-13)12(17)11(15-5-6-15)10(9)14-3-4-14;5-1-3(7)6-2-4(8)9/h7H,1-6H2;1-2,5H2,(H,6,7)(H,8,9). The minimum Gasteiger partial charge on any atom is -0.480 e. The zero-order valence-corrected chi connectivity index (χ0v) is 14.2. The zero-order chi connectivity index (χ0) is 18.8. The molecule has 1 amide bonds. The molecule has 3 saturated heterocycles. The van der Waals surface area contributed by atoms with Crippen molar-refractivity contribution in [3.63, 3.8) is 0 Å². The molecule has 4 N–H and O–H groups in total. The third kappa shape index (κ3) is 4.20. The molecule has 3 aliphatic heterocycles. The lowest BCUT2D eigenvalue weighted by Gasteiger charge is -2.21. The van der Waals surface area contributed by atoms with Crippen molar-refractivity contribution in [1.29, 1.82) is 0 Å². The van der Waals surface area contributed by atoms with E-state index in [1.165, 1.54) is 6.08 Å². The summed E-state index contributed by atoms with van der Waals surface area (Å²) in [5.41, 5.74) is 6.74. The van der Waals surface area contributed by atoms with Gasteiger partial charge in [0.2, 0.25) is 17.5 Å². The lowest BCUT2D eigenvalue weighted by Crippen LogP contribution is -2.34. The molecule has 0 atom stereocenters. The van der Waals surface area contributed by atoms with Crippen molar-refractivity contribution >= 4 is 23.4 Å². The zero-order valence-electron chi connectivity index (χ0n) is 14.2. The van der Waals surface area contributed by atoms with Crippen LogP contribution in [0.1, 0.15) is 0 Å². The Balaban J connectivity index is 0.000000188. The number of Topliss-reactive ketones (excluding diaryl/α,β-unsaturated/α-hetero) is 1. The first-order chi connectivity index (χ1) is 12.4. The summed E-state index contributed by atoms with van der Waals surface area (Å²) in [6.07, 6.45) is 1.52. The van der Waals surface area contributed by atoms with Crippen LogP contribution in [-0.2, 0) is 19.2 Å². The molecule has 0 aromatic rings. The van der Waals surface area contributed by atoms with Crippen LogP contribution in [0.15, 0.2) is 23.2 Å². The topological polar surface area (TPSA) is 136 Å². The van der Waals surface area contributed by atoms with Gasteiger partial charge < -0.3 is 30.9 Å². The highest BCUT2D eigenvalue weighted by Gasteiger charge is 2.43. The first-order valence-corrected chi connectivity index (χ1v) is 8.40. The molecule has 0 saturated carbocycles. The van der Waals surface area contributed by atoms with E-state index in [4.69, 9.17) is 10.8 Å². The van der Waals surface area contributed by atoms with Crippen LogP contribution in [0.5, 0.6) is 0 Å². The van der Waals surface area contributed by atoms with E-state index < -0.39 is 11.9 Å². The molecule has 4 aliphatic rings. The third-order valence-corrected chi connectivity index (χ3v) is 4.11. The van der Waals surface area contributed by atoms with E-state index in [9.17, 15) is 19.2 Å². The maximum absolute atomic E-state index is 12.4. The van der Waals surface area contributed by atoms with Gasteiger partial charge in [-0.3, -0.25) is 19.2 Å².